The standard InChI is InChI=1S/C24H30N2O6S/c1-4-31-23(28)20-16(2)21(24(29)32-13-12-30-3)33-22(20)25-19(27)15-26(18-10-11-18)14-17-8-6-5-7-9-17/h5-9,18H,4,10-15H2,1-3H3,(H,25,27). The van der Waals surface area contributed by atoms with Crippen LogP contribution in [0.3, 0.4) is 0 Å². The molecule has 1 heterocycles. The molecule has 1 saturated carbocycles. The van der Waals surface area contributed by atoms with Gasteiger partial charge in [0.15, 0.2) is 0 Å². The number of esters is 2. The van der Waals surface area contributed by atoms with Crippen molar-refractivity contribution in [2.75, 3.05) is 38.8 Å². The Bertz CT molecular complexity index is 971. The van der Waals surface area contributed by atoms with Gasteiger partial charge < -0.3 is 19.5 Å². The predicted octanol–water partition coefficient (Wildman–Crippen LogP) is 3.64. The molecule has 1 N–H and O–H groups in total. The van der Waals surface area contributed by atoms with Gasteiger partial charge in [0.05, 0.1) is 25.3 Å². The lowest BCUT2D eigenvalue weighted by Gasteiger charge is -2.21. The monoisotopic (exact) mass is 474 g/mol. The van der Waals surface area contributed by atoms with Gasteiger partial charge in [-0.3, -0.25) is 9.69 Å². The summed E-state index contributed by atoms with van der Waals surface area (Å²) in [6.07, 6.45) is 2.12. The average molecular weight is 475 g/mol. The van der Waals surface area contributed by atoms with Gasteiger partial charge in [-0.2, -0.15) is 0 Å². The molecule has 1 fully saturated rings. The van der Waals surface area contributed by atoms with Crippen molar-refractivity contribution in [1.82, 2.24) is 4.90 Å². The van der Waals surface area contributed by atoms with Crippen molar-refractivity contribution in [3.05, 3.63) is 51.9 Å². The number of ether oxygens (including phenoxy) is 3. The van der Waals surface area contributed by atoms with E-state index in [1.807, 2.05) is 30.3 Å². The second-order valence-corrected chi connectivity index (χ2v) is 8.80. The summed E-state index contributed by atoms with van der Waals surface area (Å²) in [4.78, 5) is 40.4. The zero-order valence-electron chi connectivity index (χ0n) is 19.2. The zero-order valence-corrected chi connectivity index (χ0v) is 20.0. The van der Waals surface area contributed by atoms with Crippen LogP contribution in [0.1, 0.15) is 50.9 Å². The number of methoxy groups -OCH3 is 1. The first-order valence-corrected chi connectivity index (χ1v) is 11.8. The van der Waals surface area contributed by atoms with Gasteiger partial charge in [0.25, 0.3) is 0 Å². The van der Waals surface area contributed by atoms with Crippen LogP contribution >= 0.6 is 11.3 Å². The Morgan fingerprint density at radius 3 is 2.45 bits per heavy atom. The van der Waals surface area contributed by atoms with Crippen molar-refractivity contribution in [1.29, 1.82) is 0 Å². The Labute approximate surface area is 197 Å². The summed E-state index contributed by atoms with van der Waals surface area (Å²) in [5.74, 6) is -1.39. The highest BCUT2D eigenvalue weighted by Crippen LogP contribution is 2.35. The van der Waals surface area contributed by atoms with Gasteiger partial charge in [-0.25, -0.2) is 9.59 Å². The van der Waals surface area contributed by atoms with E-state index < -0.39 is 11.9 Å². The van der Waals surface area contributed by atoms with E-state index in [-0.39, 0.29) is 42.7 Å². The predicted molar refractivity (Wildman–Crippen MR) is 126 cm³/mol. The Kier molecular flexibility index (Phi) is 8.99. The van der Waals surface area contributed by atoms with Crippen LogP contribution in [0, 0.1) is 6.92 Å². The number of nitrogens with one attached hydrogen (secondary N) is 1. The fourth-order valence-corrected chi connectivity index (χ4v) is 4.56. The SMILES string of the molecule is CCOC(=O)c1c(NC(=O)CN(Cc2ccccc2)C2CC2)sc(C(=O)OCCOC)c1C. The average Bonchev–Trinajstić information content (AvgIpc) is 3.58. The van der Waals surface area contributed by atoms with E-state index in [9.17, 15) is 14.4 Å². The maximum absolute atomic E-state index is 12.9. The number of rotatable bonds is 12. The molecule has 1 aromatic heterocycles. The number of benzene rings is 1. The van der Waals surface area contributed by atoms with Crippen molar-refractivity contribution in [3.63, 3.8) is 0 Å². The molecule has 0 bridgehead atoms. The normalized spacial score (nSPS) is 13.1. The van der Waals surface area contributed by atoms with Crippen molar-refractivity contribution < 1.29 is 28.6 Å². The Morgan fingerprint density at radius 1 is 1.09 bits per heavy atom. The molecule has 0 radical (unpaired) electrons. The van der Waals surface area contributed by atoms with E-state index in [4.69, 9.17) is 14.2 Å². The van der Waals surface area contributed by atoms with Gasteiger partial charge in [-0.15, -0.1) is 11.3 Å². The number of hydrogen-bond donors (Lipinski definition) is 1. The molecule has 9 heteroatoms. The highest BCUT2D eigenvalue weighted by Gasteiger charge is 2.32. The highest BCUT2D eigenvalue weighted by molar-refractivity contribution is 7.18. The van der Waals surface area contributed by atoms with Crippen LogP contribution < -0.4 is 5.32 Å². The molecule has 1 amide bonds. The molecule has 178 valence electrons. The largest absolute Gasteiger partial charge is 0.462 e. The number of carbonyl (C=O) groups is 3. The summed E-state index contributed by atoms with van der Waals surface area (Å²) < 4.78 is 15.3. The zero-order chi connectivity index (χ0) is 23.8. The van der Waals surface area contributed by atoms with Crippen molar-refractivity contribution >= 4 is 34.2 Å². The molecule has 33 heavy (non-hydrogen) atoms. The number of amides is 1. The highest BCUT2D eigenvalue weighted by atomic mass is 32.1. The summed E-state index contributed by atoms with van der Waals surface area (Å²) in [7, 11) is 1.51. The molecule has 1 aliphatic rings. The van der Waals surface area contributed by atoms with Crippen LogP contribution in [0.4, 0.5) is 5.00 Å². The Balaban J connectivity index is 1.75. The maximum Gasteiger partial charge on any atom is 0.348 e. The van der Waals surface area contributed by atoms with Crippen LogP contribution in [0.15, 0.2) is 30.3 Å². The topological polar surface area (TPSA) is 94.2 Å². The summed E-state index contributed by atoms with van der Waals surface area (Å²) >= 11 is 1.02. The van der Waals surface area contributed by atoms with E-state index >= 15 is 0 Å². The molecule has 0 unspecified atom stereocenters. The first-order chi connectivity index (χ1) is 15.9. The van der Waals surface area contributed by atoms with Crippen LogP contribution in [0.2, 0.25) is 0 Å². The van der Waals surface area contributed by atoms with Crippen molar-refractivity contribution in [2.45, 2.75) is 39.3 Å². The number of nitrogens with zero attached hydrogens (tertiary/aromatic N) is 1. The quantitative estimate of drug-likeness (QED) is 0.371. The van der Waals surface area contributed by atoms with Gasteiger partial charge in [-0.1, -0.05) is 30.3 Å². The molecule has 2 aromatic rings. The minimum atomic E-state index is -0.583. The third kappa shape index (κ3) is 6.86. The Hall–Kier alpha value is -2.75. The fourth-order valence-electron chi connectivity index (χ4n) is 3.45. The van der Waals surface area contributed by atoms with Gasteiger partial charge in [0.2, 0.25) is 5.91 Å². The van der Waals surface area contributed by atoms with E-state index in [1.165, 1.54) is 7.11 Å². The molecule has 0 atom stereocenters. The number of anilines is 1. The number of hydrogen-bond acceptors (Lipinski definition) is 8. The second-order valence-electron chi connectivity index (χ2n) is 7.78. The molecule has 1 aliphatic carbocycles. The van der Waals surface area contributed by atoms with E-state index in [2.05, 4.69) is 10.2 Å². The molecule has 1 aromatic carbocycles. The molecular weight excluding hydrogens is 444 g/mol. The van der Waals surface area contributed by atoms with Gasteiger partial charge in [0, 0.05) is 19.7 Å². The van der Waals surface area contributed by atoms with Gasteiger partial charge in [-0.05, 0) is 37.8 Å². The first kappa shape index (κ1) is 24.9. The summed E-state index contributed by atoms with van der Waals surface area (Å²) in [5, 5.41) is 3.13. The lowest BCUT2D eigenvalue weighted by molar-refractivity contribution is -0.117. The summed E-state index contributed by atoms with van der Waals surface area (Å²) in [6.45, 7) is 4.76. The van der Waals surface area contributed by atoms with Gasteiger partial charge >= 0.3 is 11.9 Å². The molecule has 0 saturated heterocycles. The van der Waals surface area contributed by atoms with Gasteiger partial charge in [0.1, 0.15) is 16.5 Å². The minimum Gasteiger partial charge on any atom is -0.462 e. The third-order valence-electron chi connectivity index (χ3n) is 5.22. The van der Waals surface area contributed by atoms with Crippen LogP contribution in [-0.4, -0.2) is 62.3 Å². The van der Waals surface area contributed by atoms with E-state index in [0.717, 1.165) is 29.7 Å². The second kappa shape index (κ2) is 11.9. The van der Waals surface area contributed by atoms with Crippen molar-refractivity contribution in [3.8, 4) is 0 Å². The van der Waals surface area contributed by atoms with Crippen molar-refractivity contribution in [2.24, 2.45) is 0 Å². The van der Waals surface area contributed by atoms with E-state index in [0.29, 0.717) is 23.2 Å². The third-order valence-corrected chi connectivity index (χ3v) is 6.41. The van der Waals surface area contributed by atoms with Crippen LogP contribution in [0.25, 0.3) is 0 Å². The molecular formula is C24H30N2O6S. The maximum atomic E-state index is 12.9. The molecule has 3 rings (SSSR count). The lowest BCUT2D eigenvalue weighted by atomic mass is 10.1. The number of thiophene rings is 1. The molecule has 0 aliphatic heterocycles. The van der Waals surface area contributed by atoms with Crippen LogP contribution in [0.5, 0.6) is 0 Å². The fraction of sp³-hybridized carbons (Fsp3) is 0.458. The minimum absolute atomic E-state index is 0.0962. The Morgan fingerprint density at radius 2 is 1.82 bits per heavy atom. The number of carbonyl (C=O) groups excluding carboxylic acids is 3. The lowest BCUT2D eigenvalue weighted by Crippen LogP contribution is -2.34. The smallest absolute Gasteiger partial charge is 0.348 e. The van der Waals surface area contributed by atoms with E-state index in [1.54, 1.807) is 13.8 Å². The first-order valence-electron chi connectivity index (χ1n) is 11.0. The molecule has 8 nitrogen and oxygen atoms in total. The summed E-state index contributed by atoms with van der Waals surface area (Å²) in [6, 6.07) is 10.4. The van der Waals surface area contributed by atoms with Crippen LogP contribution in [-0.2, 0) is 25.5 Å². The summed E-state index contributed by atoms with van der Waals surface area (Å²) in [5.41, 5.74) is 1.76. The molecule has 0 spiro atoms.